The minimum Gasteiger partial charge on any atom is -0.504 e. The molecule has 2 aliphatic rings. The number of carbonyl (C=O) groups is 1. The van der Waals surface area contributed by atoms with Crippen molar-refractivity contribution >= 4 is 23.4 Å². The maximum atomic E-state index is 13.0. The van der Waals surface area contributed by atoms with Crippen LogP contribution in [0.15, 0.2) is 53.1 Å². The van der Waals surface area contributed by atoms with Crippen LogP contribution < -0.4 is 9.64 Å². The summed E-state index contributed by atoms with van der Waals surface area (Å²) in [5.41, 5.74) is 3.63. The zero-order valence-electron chi connectivity index (χ0n) is 16.3. The second kappa shape index (κ2) is 7.72. The van der Waals surface area contributed by atoms with E-state index in [1.54, 1.807) is 23.1 Å². The minimum atomic E-state index is -0.342. The van der Waals surface area contributed by atoms with Gasteiger partial charge >= 0.3 is 0 Å². The van der Waals surface area contributed by atoms with Crippen molar-refractivity contribution in [3.05, 3.63) is 64.2 Å². The van der Waals surface area contributed by atoms with E-state index in [4.69, 9.17) is 4.74 Å². The highest BCUT2D eigenvalue weighted by Crippen LogP contribution is 2.44. The Hall–Kier alpha value is -3.11. The number of para-hydroxylation sites is 1. The topological polar surface area (TPSA) is 76.8 Å². The van der Waals surface area contributed by atoms with Crippen molar-refractivity contribution in [3.8, 4) is 17.6 Å². The van der Waals surface area contributed by atoms with Gasteiger partial charge in [0.2, 0.25) is 5.91 Å². The van der Waals surface area contributed by atoms with Gasteiger partial charge in [0.15, 0.2) is 11.5 Å². The summed E-state index contributed by atoms with van der Waals surface area (Å²) in [4.78, 5) is 16.9. The van der Waals surface area contributed by atoms with E-state index in [-0.39, 0.29) is 24.0 Å². The molecule has 6 nitrogen and oxygen atoms in total. The molecule has 0 radical (unpaired) electrons. The Morgan fingerprint density at radius 3 is 2.79 bits per heavy atom. The van der Waals surface area contributed by atoms with E-state index in [2.05, 4.69) is 30.0 Å². The number of nitrogens with zero attached hydrogens (tertiary/aromatic N) is 3. The highest BCUT2D eigenvalue weighted by Gasteiger charge is 2.38. The van der Waals surface area contributed by atoms with Crippen molar-refractivity contribution in [1.82, 2.24) is 4.90 Å². The van der Waals surface area contributed by atoms with Crippen LogP contribution in [0, 0.1) is 18.3 Å². The van der Waals surface area contributed by atoms with E-state index in [0.29, 0.717) is 23.9 Å². The Morgan fingerprint density at radius 1 is 1.28 bits per heavy atom. The lowest BCUT2D eigenvalue weighted by atomic mass is 9.86. The first-order chi connectivity index (χ1) is 14.0. The average molecular weight is 407 g/mol. The van der Waals surface area contributed by atoms with Crippen LogP contribution in [0.3, 0.4) is 0 Å². The molecule has 2 aliphatic heterocycles. The maximum Gasteiger partial charge on any atom is 0.229 e. The van der Waals surface area contributed by atoms with Gasteiger partial charge in [0.05, 0.1) is 36.3 Å². The molecule has 0 unspecified atom stereocenters. The number of methoxy groups -OCH3 is 1. The molecule has 2 aromatic rings. The molecule has 7 heteroatoms. The number of benzene rings is 2. The molecular weight excluding hydrogens is 386 g/mol. The van der Waals surface area contributed by atoms with Crippen molar-refractivity contribution in [3.63, 3.8) is 0 Å². The lowest BCUT2D eigenvalue weighted by Gasteiger charge is -2.42. The number of amides is 1. The molecule has 1 atom stereocenters. The van der Waals surface area contributed by atoms with Crippen LogP contribution in [-0.2, 0) is 4.79 Å². The zero-order chi connectivity index (χ0) is 20.5. The van der Waals surface area contributed by atoms with Crippen molar-refractivity contribution in [2.24, 2.45) is 0 Å². The minimum absolute atomic E-state index is 0.0122. The second-order valence-electron chi connectivity index (χ2n) is 7.08. The van der Waals surface area contributed by atoms with Crippen molar-refractivity contribution in [2.45, 2.75) is 19.3 Å². The van der Waals surface area contributed by atoms with Crippen LogP contribution in [0.2, 0.25) is 0 Å². The Bertz CT molecular complexity index is 1040. The van der Waals surface area contributed by atoms with Crippen LogP contribution in [0.4, 0.5) is 5.69 Å². The third kappa shape index (κ3) is 3.40. The predicted molar refractivity (Wildman–Crippen MR) is 112 cm³/mol. The number of rotatable bonds is 3. The lowest BCUT2D eigenvalue weighted by Crippen LogP contribution is -2.47. The number of aromatic hydroxyl groups is 1. The van der Waals surface area contributed by atoms with E-state index in [1.165, 1.54) is 18.9 Å². The van der Waals surface area contributed by atoms with Gasteiger partial charge in [-0.3, -0.25) is 9.69 Å². The highest BCUT2D eigenvalue weighted by molar-refractivity contribution is 8.03. The molecule has 2 aromatic carbocycles. The molecule has 0 bridgehead atoms. The van der Waals surface area contributed by atoms with Crippen molar-refractivity contribution < 1.29 is 14.6 Å². The van der Waals surface area contributed by atoms with Crippen LogP contribution in [0.1, 0.15) is 23.5 Å². The largest absolute Gasteiger partial charge is 0.504 e. The number of phenolic OH excluding ortho intramolecular Hbond substituents is 1. The summed E-state index contributed by atoms with van der Waals surface area (Å²) >= 11 is 1.51. The molecule has 0 aliphatic carbocycles. The van der Waals surface area contributed by atoms with E-state index in [1.807, 2.05) is 12.1 Å². The highest BCUT2D eigenvalue weighted by atomic mass is 32.2. The van der Waals surface area contributed by atoms with Gasteiger partial charge in [-0.15, -0.1) is 0 Å². The van der Waals surface area contributed by atoms with E-state index >= 15 is 0 Å². The summed E-state index contributed by atoms with van der Waals surface area (Å²) in [6, 6.07) is 15.4. The molecular formula is C22H21N3O3S. The van der Waals surface area contributed by atoms with Gasteiger partial charge in [0.25, 0.3) is 0 Å². The summed E-state index contributed by atoms with van der Waals surface area (Å²) in [6.07, 6.45) is 0.211. The van der Waals surface area contributed by atoms with Gasteiger partial charge in [-0.2, -0.15) is 5.26 Å². The monoisotopic (exact) mass is 407 g/mol. The van der Waals surface area contributed by atoms with Gasteiger partial charge < -0.3 is 14.7 Å². The van der Waals surface area contributed by atoms with Crippen molar-refractivity contribution in [1.29, 1.82) is 5.26 Å². The van der Waals surface area contributed by atoms with E-state index in [9.17, 15) is 15.2 Å². The van der Waals surface area contributed by atoms with Gasteiger partial charge in [0, 0.05) is 18.0 Å². The molecule has 1 saturated heterocycles. The fraction of sp³-hybridized carbons (Fsp3) is 0.273. The standard InChI is InChI=1S/C22H21N3O3S/c1-14-5-3-4-6-18(14)24-12-25-21(27)10-16(17(11-23)22(25)29-13-24)15-7-8-19(26)20(9-15)28-2/h3-9,16,26H,10,12-13H2,1-2H3/t16-/m0/s1. The lowest BCUT2D eigenvalue weighted by molar-refractivity contribution is -0.129. The first kappa shape index (κ1) is 19.2. The molecule has 148 valence electrons. The number of anilines is 1. The number of nitriles is 1. The molecule has 0 saturated carbocycles. The number of hydrogen-bond donors (Lipinski definition) is 1. The molecule has 0 aromatic heterocycles. The summed E-state index contributed by atoms with van der Waals surface area (Å²) in [7, 11) is 1.48. The number of phenols is 1. The fourth-order valence-electron chi connectivity index (χ4n) is 3.83. The number of thioether (sulfide) groups is 1. The summed E-state index contributed by atoms with van der Waals surface area (Å²) < 4.78 is 5.20. The van der Waals surface area contributed by atoms with Gasteiger partial charge in [0.1, 0.15) is 0 Å². The number of carbonyl (C=O) groups excluding carboxylic acids is 1. The number of fused-ring (bicyclic) bond motifs is 1. The van der Waals surface area contributed by atoms with Crippen LogP contribution >= 0.6 is 11.8 Å². The molecule has 4 rings (SSSR count). The molecule has 1 N–H and O–H groups in total. The average Bonchev–Trinajstić information content (AvgIpc) is 2.74. The third-order valence-electron chi connectivity index (χ3n) is 5.36. The van der Waals surface area contributed by atoms with Gasteiger partial charge in [-0.05, 0) is 36.2 Å². The molecule has 1 fully saturated rings. The smallest absolute Gasteiger partial charge is 0.229 e. The second-order valence-corrected chi connectivity index (χ2v) is 8.02. The third-order valence-corrected chi connectivity index (χ3v) is 6.51. The number of ether oxygens (including phenoxy) is 1. The predicted octanol–water partition coefficient (Wildman–Crippen LogP) is 3.93. The fourth-order valence-corrected chi connectivity index (χ4v) is 4.99. The van der Waals surface area contributed by atoms with Crippen LogP contribution in [-0.4, -0.2) is 35.6 Å². The van der Waals surface area contributed by atoms with E-state index in [0.717, 1.165) is 21.8 Å². The quantitative estimate of drug-likeness (QED) is 0.831. The number of aryl methyl sites for hydroxylation is 1. The Morgan fingerprint density at radius 2 is 2.07 bits per heavy atom. The van der Waals surface area contributed by atoms with Crippen LogP contribution in [0.5, 0.6) is 11.5 Å². The van der Waals surface area contributed by atoms with Gasteiger partial charge in [-0.25, -0.2) is 0 Å². The Balaban J connectivity index is 1.69. The van der Waals surface area contributed by atoms with Crippen molar-refractivity contribution in [2.75, 3.05) is 24.6 Å². The molecule has 29 heavy (non-hydrogen) atoms. The molecule has 0 spiro atoms. The first-order valence-corrected chi connectivity index (χ1v) is 10.3. The molecule has 2 heterocycles. The summed E-state index contributed by atoms with van der Waals surface area (Å²) in [5, 5.41) is 20.5. The van der Waals surface area contributed by atoms with Gasteiger partial charge in [-0.1, -0.05) is 36.0 Å². The number of hydrogen-bond acceptors (Lipinski definition) is 6. The Labute approximate surface area is 174 Å². The summed E-state index contributed by atoms with van der Waals surface area (Å²) in [6.45, 7) is 2.49. The van der Waals surface area contributed by atoms with Crippen LogP contribution in [0.25, 0.3) is 0 Å². The zero-order valence-corrected chi connectivity index (χ0v) is 17.1. The Kier molecular flexibility index (Phi) is 5.12. The normalized spacial score (nSPS) is 19.1. The molecule has 1 amide bonds. The SMILES string of the molecule is COc1cc([C@@H]2CC(=O)N3CN(c4ccccc4C)CSC3=C2C#N)ccc1O. The summed E-state index contributed by atoms with van der Waals surface area (Å²) in [5.74, 6) is 0.683. The first-order valence-electron chi connectivity index (χ1n) is 9.28. The number of allylic oxidation sites excluding steroid dienone is 1. The van der Waals surface area contributed by atoms with E-state index < -0.39 is 0 Å². The maximum absolute atomic E-state index is 13.0.